The summed E-state index contributed by atoms with van der Waals surface area (Å²) in [5.74, 6) is 1.19. The molecule has 2 aromatic carbocycles. The fraction of sp³-hybridized carbons (Fsp3) is 0.0909. The zero-order valence-corrected chi connectivity index (χ0v) is 16.8. The maximum atomic E-state index is 12.4. The van der Waals surface area contributed by atoms with Gasteiger partial charge in [-0.05, 0) is 30.3 Å². The fourth-order valence-corrected chi connectivity index (χ4v) is 2.91. The summed E-state index contributed by atoms with van der Waals surface area (Å²) >= 11 is 0. The Morgan fingerprint density at radius 2 is 1.74 bits per heavy atom. The number of rotatable bonds is 5. The first-order chi connectivity index (χ1) is 15.0. The molecule has 2 aromatic heterocycles. The Morgan fingerprint density at radius 1 is 0.968 bits per heavy atom. The molecule has 0 radical (unpaired) electrons. The van der Waals surface area contributed by atoms with Crippen LogP contribution in [0.4, 0.5) is 16.2 Å². The van der Waals surface area contributed by atoms with Crippen LogP contribution in [0.15, 0.2) is 65.2 Å². The molecule has 3 N–H and O–H groups in total. The van der Waals surface area contributed by atoms with Crippen molar-refractivity contribution >= 4 is 34.4 Å². The van der Waals surface area contributed by atoms with Gasteiger partial charge in [0.1, 0.15) is 22.7 Å². The Labute approximate surface area is 177 Å². The molecule has 0 atom stereocenters. The molecule has 0 aliphatic heterocycles. The van der Waals surface area contributed by atoms with Crippen LogP contribution in [-0.4, -0.2) is 29.0 Å². The molecule has 0 fully saturated rings. The summed E-state index contributed by atoms with van der Waals surface area (Å²) in [4.78, 5) is 32.3. The van der Waals surface area contributed by atoms with Gasteiger partial charge in [0.25, 0.3) is 5.91 Å². The first kappa shape index (κ1) is 19.9. The molecular weight excluding hydrogens is 398 g/mol. The van der Waals surface area contributed by atoms with Gasteiger partial charge in [-0.1, -0.05) is 6.07 Å². The lowest BCUT2D eigenvalue weighted by Gasteiger charge is -2.10. The molecule has 9 nitrogen and oxygen atoms in total. The van der Waals surface area contributed by atoms with Crippen LogP contribution in [0.25, 0.3) is 11.1 Å². The minimum atomic E-state index is -0.418. The van der Waals surface area contributed by atoms with Crippen molar-refractivity contribution in [2.75, 3.05) is 17.7 Å². The number of nitrogens with one attached hydrogen (secondary N) is 3. The highest BCUT2D eigenvalue weighted by atomic mass is 16.5. The predicted molar refractivity (Wildman–Crippen MR) is 116 cm³/mol. The third-order valence-electron chi connectivity index (χ3n) is 4.27. The number of fused-ring (bicyclic) bond motifs is 1. The number of carbonyl (C=O) groups excluding carboxylic acids is 2. The minimum absolute atomic E-state index is 0.243. The number of ether oxygens (including phenoxy) is 1. The summed E-state index contributed by atoms with van der Waals surface area (Å²) in [6, 6.07) is 14.9. The smallest absolute Gasteiger partial charge is 0.323 e. The lowest BCUT2D eigenvalue weighted by molar-refractivity contribution is 0.0958. The van der Waals surface area contributed by atoms with Crippen LogP contribution in [0.3, 0.4) is 0 Å². The van der Waals surface area contributed by atoms with Gasteiger partial charge in [0, 0.05) is 49.7 Å². The highest BCUT2D eigenvalue weighted by Crippen LogP contribution is 2.25. The van der Waals surface area contributed by atoms with E-state index >= 15 is 0 Å². The van der Waals surface area contributed by atoms with Gasteiger partial charge < -0.3 is 25.1 Å². The Kier molecular flexibility index (Phi) is 5.48. The minimum Gasteiger partial charge on any atom is -0.457 e. The second-order valence-electron chi connectivity index (χ2n) is 6.58. The van der Waals surface area contributed by atoms with Crippen molar-refractivity contribution in [3.63, 3.8) is 0 Å². The van der Waals surface area contributed by atoms with Gasteiger partial charge in [-0.2, -0.15) is 0 Å². The van der Waals surface area contributed by atoms with E-state index in [1.165, 1.54) is 19.3 Å². The lowest BCUT2D eigenvalue weighted by atomic mass is 10.3. The third kappa shape index (κ3) is 4.78. The number of carbonyl (C=O) groups is 2. The molecule has 0 spiro atoms. The van der Waals surface area contributed by atoms with Gasteiger partial charge in [0.05, 0.1) is 0 Å². The van der Waals surface area contributed by atoms with E-state index in [2.05, 4.69) is 25.9 Å². The van der Waals surface area contributed by atoms with E-state index in [9.17, 15) is 9.59 Å². The second kappa shape index (κ2) is 8.54. The van der Waals surface area contributed by atoms with Crippen molar-refractivity contribution in [1.29, 1.82) is 0 Å². The highest BCUT2D eigenvalue weighted by molar-refractivity contribution is 6.00. The number of urea groups is 1. The number of benzene rings is 2. The van der Waals surface area contributed by atoms with Crippen LogP contribution >= 0.6 is 0 Å². The SMILES string of the molecule is CNC(=O)c1cc(Oc2cccc(NC(=O)Nc3ccc4nc(C)oc4c3)c2)ccn1. The molecule has 0 saturated heterocycles. The number of oxazole rings is 1. The van der Waals surface area contributed by atoms with Crippen LogP contribution in [0.5, 0.6) is 11.5 Å². The zero-order valence-electron chi connectivity index (χ0n) is 16.8. The predicted octanol–water partition coefficient (Wildman–Crippen LogP) is 4.33. The van der Waals surface area contributed by atoms with E-state index in [0.29, 0.717) is 34.3 Å². The van der Waals surface area contributed by atoms with Crippen LogP contribution in [0.2, 0.25) is 0 Å². The largest absolute Gasteiger partial charge is 0.457 e. The molecule has 156 valence electrons. The average molecular weight is 417 g/mol. The number of aryl methyl sites for hydroxylation is 1. The van der Waals surface area contributed by atoms with Gasteiger partial charge in [0.2, 0.25) is 0 Å². The molecular formula is C22H19N5O4. The van der Waals surface area contributed by atoms with Gasteiger partial charge in [-0.25, -0.2) is 9.78 Å². The van der Waals surface area contributed by atoms with Gasteiger partial charge >= 0.3 is 6.03 Å². The number of amides is 3. The first-order valence-corrected chi connectivity index (χ1v) is 9.41. The van der Waals surface area contributed by atoms with E-state index in [-0.39, 0.29) is 11.6 Å². The molecule has 9 heteroatoms. The number of nitrogens with zero attached hydrogens (tertiary/aromatic N) is 2. The number of anilines is 2. The van der Waals surface area contributed by atoms with Crippen molar-refractivity contribution in [2.24, 2.45) is 0 Å². The molecule has 4 rings (SSSR count). The van der Waals surface area contributed by atoms with Crippen molar-refractivity contribution in [3.8, 4) is 11.5 Å². The summed E-state index contributed by atoms with van der Waals surface area (Å²) < 4.78 is 11.3. The third-order valence-corrected chi connectivity index (χ3v) is 4.27. The molecule has 31 heavy (non-hydrogen) atoms. The maximum absolute atomic E-state index is 12.4. The van der Waals surface area contributed by atoms with E-state index in [4.69, 9.17) is 9.15 Å². The fourth-order valence-electron chi connectivity index (χ4n) is 2.91. The quantitative estimate of drug-likeness (QED) is 0.445. The monoisotopic (exact) mass is 417 g/mol. The van der Waals surface area contributed by atoms with Gasteiger partial charge in [-0.3, -0.25) is 9.78 Å². The standard InChI is InChI=1S/C22H19N5O4/c1-13-25-18-7-6-15(11-20(18)30-13)27-22(29)26-14-4-3-5-16(10-14)31-17-8-9-24-19(12-17)21(28)23-2/h3-12H,1-2H3,(H,23,28)(H2,26,27,29). The van der Waals surface area contributed by atoms with Crippen molar-refractivity contribution in [1.82, 2.24) is 15.3 Å². The summed E-state index contributed by atoms with van der Waals surface area (Å²) in [5.41, 5.74) is 2.68. The van der Waals surface area contributed by atoms with Gasteiger partial charge in [0.15, 0.2) is 11.5 Å². The van der Waals surface area contributed by atoms with E-state index in [1.807, 2.05) is 0 Å². The number of hydrogen-bond acceptors (Lipinski definition) is 6. The molecule has 4 aromatic rings. The van der Waals surface area contributed by atoms with Crippen molar-refractivity contribution in [3.05, 3.63) is 72.4 Å². The van der Waals surface area contributed by atoms with E-state index < -0.39 is 6.03 Å². The summed E-state index contributed by atoms with van der Waals surface area (Å²) in [7, 11) is 1.53. The Morgan fingerprint density at radius 3 is 2.55 bits per heavy atom. The zero-order chi connectivity index (χ0) is 21.8. The second-order valence-corrected chi connectivity index (χ2v) is 6.58. The van der Waals surface area contributed by atoms with Crippen LogP contribution in [0.1, 0.15) is 16.4 Å². The number of pyridine rings is 1. The lowest BCUT2D eigenvalue weighted by Crippen LogP contribution is -2.19. The molecule has 0 bridgehead atoms. The van der Waals surface area contributed by atoms with E-state index in [1.54, 1.807) is 55.5 Å². The van der Waals surface area contributed by atoms with E-state index in [0.717, 1.165) is 5.52 Å². The summed E-state index contributed by atoms with van der Waals surface area (Å²) in [5, 5.41) is 8.02. The summed E-state index contributed by atoms with van der Waals surface area (Å²) in [6.07, 6.45) is 1.49. The topological polar surface area (TPSA) is 118 Å². The van der Waals surface area contributed by atoms with Crippen molar-refractivity contribution < 1.29 is 18.7 Å². The molecule has 0 saturated carbocycles. The Hall–Kier alpha value is -4.40. The maximum Gasteiger partial charge on any atom is 0.323 e. The molecule has 0 unspecified atom stereocenters. The Bertz CT molecular complexity index is 1270. The summed E-state index contributed by atoms with van der Waals surface area (Å²) in [6.45, 7) is 1.76. The Balaban J connectivity index is 1.43. The average Bonchev–Trinajstić information content (AvgIpc) is 3.12. The molecule has 0 aliphatic carbocycles. The molecule has 0 aliphatic rings. The number of hydrogen-bond donors (Lipinski definition) is 3. The van der Waals surface area contributed by atoms with Crippen LogP contribution in [-0.2, 0) is 0 Å². The normalized spacial score (nSPS) is 10.5. The first-order valence-electron chi connectivity index (χ1n) is 9.41. The molecule has 3 amide bonds. The van der Waals surface area contributed by atoms with Crippen LogP contribution in [0, 0.1) is 6.92 Å². The van der Waals surface area contributed by atoms with Crippen molar-refractivity contribution in [2.45, 2.75) is 6.92 Å². The highest BCUT2D eigenvalue weighted by Gasteiger charge is 2.09. The number of aromatic nitrogens is 2. The van der Waals surface area contributed by atoms with Gasteiger partial charge in [-0.15, -0.1) is 0 Å². The van der Waals surface area contributed by atoms with Crippen LogP contribution < -0.4 is 20.7 Å². The molecule has 2 heterocycles.